The molecule has 132 valence electrons. The highest BCUT2D eigenvalue weighted by atomic mass is 16.5. The summed E-state index contributed by atoms with van der Waals surface area (Å²) in [7, 11) is 0. The highest BCUT2D eigenvalue weighted by molar-refractivity contribution is 6.10. The number of aliphatic imine (C=N–C) groups is 1. The highest BCUT2D eigenvalue weighted by Gasteiger charge is 2.04. The molecule has 0 saturated heterocycles. The molecule has 0 unspecified atom stereocenters. The predicted molar refractivity (Wildman–Crippen MR) is 99.1 cm³/mol. The van der Waals surface area contributed by atoms with Gasteiger partial charge < -0.3 is 15.0 Å². The maximum atomic E-state index is 11.7. The first-order chi connectivity index (χ1) is 12.0. The number of aromatic nitrogens is 3. The first kappa shape index (κ1) is 18.4. The maximum Gasteiger partial charge on any atom is 0.316 e. The minimum absolute atomic E-state index is 0.00994. The van der Waals surface area contributed by atoms with Crippen LogP contribution < -0.4 is 16.0 Å². The standard InChI is InChI=1S/C18H23N5O2/c1-4-7-23-12-16(5-6-17(23)24)20-9-14(8-19)15-10-21-18(22-11-15)25-13(2)3/h5-6,8-13H,4,7,19H2,1-3H3. The summed E-state index contributed by atoms with van der Waals surface area (Å²) in [6, 6.07) is 3.50. The lowest BCUT2D eigenvalue weighted by Gasteiger charge is -2.07. The molecule has 0 aliphatic heterocycles. The Labute approximate surface area is 146 Å². The molecule has 7 nitrogen and oxygen atoms in total. The molecule has 0 radical (unpaired) electrons. The molecule has 0 amide bonds. The van der Waals surface area contributed by atoms with E-state index in [1.807, 2.05) is 20.8 Å². The predicted octanol–water partition coefficient (Wildman–Crippen LogP) is 2.54. The molecular formula is C18H23N5O2. The van der Waals surface area contributed by atoms with E-state index in [4.69, 9.17) is 10.5 Å². The van der Waals surface area contributed by atoms with Crippen molar-refractivity contribution in [3.05, 3.63) is 52.8 Å². The van der Waals surface area contributed by atoms with Crippen LogP contribution in [-0.4, -0.2) is 26.9 Å². The van der Waals surface area contributed by atoms with Gasteiger partial charge in [-0.15, -0.1) is 0 Å². The van der Waals surface area contributed by atoms with Crippen molar-refractivity contribution in [2.75, 3.05) is 0 Å². The average Bonchev–Trinajstić information content (AvgIpc) is 2.59. The maximum absolute atomic E-state index is 11.7. The van der Waals surface area contributed by atoms with Crippen molar-refractivity contribution in [2.24, 2.45) is 10.7 Å². The highest BCUT2D eigenvalue weighted by Crippen LogP contribution is 2.15. The molecule has 0 spiro atoms. The molecule has 0 aliphatic carbocycles. The number of pyridine rings is 1. The van der Waals surface area contributed by atoms with Crippen LogP contribution in [0.15, 0.2) is 46.7 Å². The summed E-state index contributed by atoms with van der Waals surface area (Å²) in [6.07, 6.45) is 8.94. The number of nitrogens with zero attached hydrogens (tertiary/aromatic N) is 4. The topological polar surface area (TPSA) is 95.4 Å². The Morgan fingerprint density at radius 1 is 1.36 bits per heavy atom. The third kappa shape index (κ3) is 5.27. The van der Waals surface area contributed by atoms with Crippen LogP contribution in [0, 0.1) is 0 Å². The fourth-order valence-corrected chi connectivity index (χ4v) is 2.11. The number of ether oxygens (including phenoxy) is 1. The molecule has 2 N–H and O–H groups in total. The Balaban J connectivity index is 2.18. The summed E-state index contributed by atoms with van der Waals surface area (Å²) in [4.78, 5) is 24.4. The van der Waals surface area contributed by atoms with Gasteiger partial charge in [0, 0.05) is 54.8 Å². The van der Waals surface area contributed by atoms with Gasteiger partial charge >= 0.3 is 6.01 Å². The van der Waals surface area contributed by atoms with E-state index in [1.165, 1.54) is 12.3 Å². The van der Waals surface area contributed by atoms with Crippen LogP contribution in [0.2, 0.25) is 0 Å². The molecule has 0 saturated carbocycles. The lowest BCUT2D eigenvalue weighted by atomic mass is 10.2. The monoisotopic (exact) mass is 341 g/mol. The van der Waals surface area contributed by atoms with Gasteiger partial charge in [0.15, 0.2) is 0 Å². The van der Waals surface area contributed by atoms with E-state index in [2.05, 4.69) is 15.0 Å². The Kier molecular flexibility index (Phi) is 6.45. The Morgan fingerprint density at radius 2 is 2.08 bits per heavy atom. The van der Waals surface area contributed by atoms with Crippen molar-refractivity contribution in [3.8, 4) is 6.01 Å². The number of aryl methyl sites for hydroxylation is 1. The zero-order valence-corrected chi connectivity index (χ0v) is 14.7. The number of allylic oxidation sites excluding steroid dienone is 1. The summed E-state index contributed by atoms with van der Waals surface area (Å²) >= 11 is 0. The molecule has 7 heteroatoms. The van der Waals surface area contributed by atoms with Gasteiger partial charge in [-0.3, -0.25) is 9.79 Å². The molecular weight excluding hydrogens is 318 g/mol. The molecule has 2 aromatic rings. The van der Waals surface area contributed by atoms with Crippen molar-refractivity contribution >= 4 is 17.5 Å². The summed E-state index contributed by atoms with van der Waals surface area (Å²) in [6.45, 7) is 6.50. The minimum atomic E-state index is -0.0375. The van der Waals surface area contributed by atoms with Crippen LogP contribution in [0.3, 0.4) is 0 Å². The van der Waals surface area contributed by atoms with Crippen LogP contribution in [0.4, 0.5) is 5.69 Å². The van der Waals surface area contributed by atoms with E-state index in [9.17, 15) is 4.79 Å². The van der Waals surface area contributed by atoms with Crippen molar-refractivity contribution in [3.63, 3.8) is 0 Å². The largest absolute Gasteiger partial charge is 0.461 e. The van der Waals surface area contributed by atoms with Crippen LogP contribution >= 0.6 is 0 Å². The zero-order valence-electron chi connectivity index (χ0n) is 14.7. The van der Waals surface area contributed by atoms with Gasteiger partial charge in [0.2, 0.25) is 0 Å². The first-order valence-electron chi connectivity index (χ1n) is 8.19. The second-order valence-electron chi connectivity index (χ2n) is 5.72. The Morgan fingerprint density at radius 3 is 2.68 bits per heavy atom. The number of hydrogen-bond acceptors (Lipinski definition) is 6. The summed E-state index contributed by atoms with van der Waals surface area (Å²) in [5.41, 5.74) is 7.73. The third-order valence-electron chi connectivity index (χ3n) is 3.27. The summed E-state index contributed by atoms with van der Waals surface area (Å²) in [5.74, 6) is 0. The fourth-order valence-electron chi connectivity index (χ4n) is 2.11. The van der Waals surface area contributed by atoms with Crippen LogP contribution in [-0.2, 0) is 6.54 Å². The minimum Gasteiger partial charge on any atom is -0.461 e. The number of nitrogens with two attached hydrogens (primary N) is 1. The number of rotatable bonds is 7. The van der Waals surface area contributed by atoms with E-state index in [-0.39, 0.29) is 11.7 Å². The Bertz CT molecular complexity index is 807. The summed E-state index contributed by atoms with van der Waals surface area (Å²) < 4.78 is 7.06. The van der Waals surface area contributed by atoms with E-state index >= 15 is 0 Å². The molecule has 0 bridgehead atoms. The smallest absolute Gasteiger partial charge is 0.316 e. The lowest BCUT2D eigenvalue weighted by Crippen LogP contribution is -2.17. The van der Waals surface area contributed by atoms with Gasteiger partial charge in [-0.25, -0.2) is 9.97 Å². The fraction of sp³-hybridized carbons (Fsp3) is 0.333. The molecule has 0 fully saturated rings. The zero-order chi connectivity index (χ0) is 18.2. The average molecular weight is 341 g/mol. The lowest BCUT2D eigenvalue weighted by molar-refractivity contribution is 0.222. The second kappa shape index (κ2) is 8.77. The van der Waals surface area contributed by atoms with Gasteiger partial charge in [-0.2, -0.15) is 0 Å². The SMILES string of the molecule is CCCn1cc(N=CC(=CN)c2cnc(OC(C)C)nc2)ccc1=O. The van der Waals surface area contributed by atoms with Crippen LogP contribution in [0.25, 0.3) is 5.57 Å². The Hall–Kier alpha value is -2.96. The molecule has 0 aromatic carbocycles. The molecule has 2 rings (SSSR count). The van der Waals surface area contributed by atoms with Gasteiger partial charge in [0.05, 0.1) is 11.8 Å². The molecule has 0 atom stereocenters. The molecule has 2 aromatic heterocycles. The third-order valence-corrected chi connectivity index (χ3v) is 3.27. The van der Waals surface area contributed by atoms with Crippen molar-refractivity contribution in [2.45, 2.75) is 39.8 Å². The van der Waals surface area contributed by atoms with E-state index in [0.29, 0.717) is 23.8 Å². The molecule has 2 heterocycles. The van der Waals surface area contributed by atoms with Gasteiger partial charge in [-0.1, -0.05) is 6.92 Å². The second-order valence-corrected chi connectivity index (χ2v) is 5.72. The van der Waals surface area contributed by atoms with Gasteiger partial charge in [0.1, 0.15) is 0 Å². The van der Waals surface area contributed by atoms with Crippen molar-refractivity contribution in [1.82, 2.24) is 14.5 Å². The summed E-state index contributed by atoms with van der Waals surface area (Å²) in [5, 5.41) is 0. The molecule has 0 aliphatic rings. The van der Waals surface area contributed by atoms with Crippen molar-refractivity contribution < 1.29 is 4.74 Å². The van der Waals surface area contributed by atoms with Gasteiger partial charge in [-0.05, 0) is 26.3 Å². The van der Waals surface area contributed by atoms with Crippen LogP contribution in [0.1, 0.15) is 32.8 Å². The van der Waals surface area contributed by atoms with E-state index in [0.717, 1.165) is 12.0 Å². The molecule has 25 heavy (non-hydrogen) atoms. The quantitative estimate of drug-likeness (QED) is 0.781. The van der Waals surface area contributed by atoms with E-state index < -0.39 is 0 Å². The van der Waals surface area contributed by atoms with Crippen molar-refractivity contribution in [1.29, 1.82) is 0 Å². The number of hydrogen-bond donors (Lipinski definition) is 1. The first-order valence-corrected chi connectivity index (χ1v) is 8.19. The van der Waals surface area contributed by atoms with Crippen LogP contribution in [0.5, 0.6) is 6.01 Å². The normalized spacial score (nSPS) is 12.1. The van der Waals surface area contributed by atoms with E-state index in [1.54, 1.807) is 35.4 Å². The van der Waals surface area contributed by atoms with Gasteiger partial charge in [0.25, 0.3) is 5.56 Å².